The van der Waals surface area contributed by atoms with Crippen molar-refractivity contribution in [3.63, 3.8) is 0 Å². The number of hydrogen-bond donors (Lipinski definition) is 1. The van der Waals surface area contributed by atoms with E-state index in [-0.39, 0.29) is 0 Å². The molecule has 2 rings (SSSR count). The molecule has 16 heavy (non-hydrogen) atoms. The van der Waals surface area contributed by atoms with Crippen molar-refractivity contribution in [2.75, 3.05) is 0 Å². The molecule has 0 spiro atoms. The van der Waals surface area contributed by atoms with Gasteiger partial charge in [0.2, 0.25) is 0 Å². The van der Waals surface area contributed by atoms with Crippen LogP contribution in [0.15, 0.2) is 59.4 Å². The zero-order chi connectivity index (χ0) is 11.8. The number of rotatable bonds is 2. The van der Waals surface area contributed by atoms with Crippen LogP contribution in [0.3, 0.4) is 0 Å². The van der Waals surface area contributed by atoms with E-state index in [9.17, 15) is 4.79 Å². The molecule has 1 atom stereocenters. The molecule has 0 fully saturated rings. The lowest BCUT2D eigenvalue weighted by molar-refractivity contribution is -0.138. The van der Waals surface area contributed by atoms with Gasteiger partial charge in [-0.15, -0.1) is 0 Å². The maximum atomic E-state index is 10.5. The van der Waals surface area contributed by atoms with Gasteiger partial charge in [-0.1, -0.05) is 30.3 Å². The summed E-state index contributed by atoms with van der Waals surface area (Å²) in [5, 5.41) is 8.64. The third kappa shape index (κ3) is 4.00. The Morgan fingerprint density at radius 1 is 1.12 bits per heavy atom. The van der Waals surface area contributed by atoms with Crippen LogP contribution in [-0.4, -0.2) is 11.1 Å². The number of benzene rings is 1. The molecule has 0 saturated carbocycles. The summed E-state index contributed by atoms with van der Waals surface area (Å²) >= 11 is 0. The molecule has 0 aliphatic rings. The van der Waals surface area contributed by atoms with Crippen LogP contribution in [0.5, 0.6) is 0 Å². The van der Waals surface area contributed by atoms with E-state index in [0.717, 1.165) is 5.56 Å². The summed E-state index contributed by atoms with van der Waals surface area (Å²) in [6, 6.07) is 12.9. The Hall–Kier alpha value is -2.03. The first-order chi connectivity index (χ1) is 7.72. The molecule has 1 heterocycles. The summed E-state index contributed by atoms with van der Waals surface area (Å²) in [6.07, 6.45) is 3.25. The van der Waals surface area contributed by atoms with Crippen LogP contribution < -0.4 is 0 Å². The summed E-state index contributed by atoms with van der Waals surface area (Å²) in [4.78, 5) is 10.5. The summed E-state index contributed by atoms with van der Waals surface area (Å²) in [5.74, 6) is -1.19. The normalized spacial score (nSPS) is 11.1. The average Bonchev–Trinajstić information content (AvgIpc) is 2.88. The topological polar surface area (TPSA) is 50.4 Å². The minimum atomic E-state index is -0.781. The van der Waals surface area contributed by atoms with E-state index in [0.29, 0.717) is 0 Å². The van der Waals surface area contributed by atoms with Gasteiger partial charge in [-0.2, -0.15) is 0 Å². The summed E-state index contributed by atoms with van der Waals surface area (Å²) in [5.41, 5.74) is 0.847. The lowest BCUT2D eigenvalue weighted by Gasteiger charge is -2.04. The number of hydrogen-bond acceptors (Lipinski definition) is 2. The number of furan rings is 1. The largest absolute Gasteiger partial charge is 0.481 e. The van der Waals surface area contributed by atoms with E-state index in [4.69, 9.17) is 5.11 Å². The molecular weight excluding hydrogens is 204 g/mol. The maximum Gasteiger partial charge on any atom is 0.310 e. The van der Waals surface area contributed by atoms with Crippen molar-refractivity contribution in [1.82, 2.24) is 0 Å². The first-order valence-corrected chi connectivity index (χ1v) is 4.96. The van der Waals surface area contributed by atoms with Gasteiger partial charge < -0.3 is 9.52 Å². The van der Waals surface area contributed by atoms with Crippen molar-refractivity contribution < 1.29 is 14.3 Å². The van der Waals surface area contributed by atoms with Crippen LogP contribution in [0.1, 0.15) is 18.4 Å². The second-order valence-corrected chi connectivity index (χ2v) is 3.26. The molecule has 0 radical (unpaired) electrons. The van der Waals surface area contributed by atoms with Gasteiger partial charge >= 0.3 is 5.97 Å². The van der Waals surface area contributed by atoms with Gasteiger partial charge in [-0.05, 0) is 24.6 Å². The van der Waals surface area contributed by atoms with Crippen molar-refractivity contribution in [2.24, 2.45) is 0 Å². The van der Waals surface area contributed by atoms with E-state index < -0.39 is 11.9 Å². The predicted octanol–water partition coefficient (Wildman–Crippen LogP) is 3.15. The van der Waals surface area contributed by atoms with Crippen LogP contribution in [-0.2, 0) is 4.79 Å². The van der Waals surface area contributed by atoms with Gasteiger partial charge in [0.1, 0.15) is 0 Å². The first kappa shape index (κ1) is 12.0. The lowest BCUT2D eigenvalue weighted by atomic mass is 10.0. The van der Waals surface area contributed by atoms with Gasteiger partial charge in [0.15, 0.2) is 0 Å². The molecule has 0 bridgehead atoms. The van der Waals surface area contributed by atoms with Gasteiger partial charge in [0, 0.05) is 0 Å². The molecule has 1 unspecified atom stereocenters. The highest BCUT2D eigenvalue weighted by Crippen LogP contribution is 2.13. The molecule has 3 heteroatoms. The molecular formula is C13H14O3. The highest BCUT2D eigenvalue weighted by molar-refractivity contribution is 5.75. The molecule has 0 aliphatic carbocycles. The van der Waals surface area contributed by atoms with E-state index >= 15 is 0 Å². The van der Waals surface area contributed by atoms with Gasteiger partial charge in [-0.25, -0.2) is 0 Å². The summed E-state index contributed by atoms with van der Waals surface area (Å²) < 4.78 is 4.58. The van der Waals surface area contributed by atoms with Gasteiger partial charge in [-0.3, -0.25) is 4.79 Å². The monoisotopic (exact) mass is 218 g/mol. The quantitative estimate of drug-likeness (QED) is 0.842. The molecule has 0 saturated heterocycles. The van der Waals surface area contributed by atoms with Crippen LogP contribution in [0.25, 0.3) is 0 Å². The van der Waals surface area contributed by atoms with Gasteiger partial charge in [0.05, 0.1) is 18.4 Å². The third-order valence-corrected chi connectivity index (χ3v) is 2.10. The van der Waals surface area contributed by atoms with Gasteiger partial charge in [0.25, 0.3) is 0 Å². The van der Waals surface area contributed by atoms with Crippen LogP contribution in [0, 0.1) is 0 Å². The Morgan fingerprint density at radius 2 is 1.69 bits per heavy atom. The smallest absolute Gasteiger partial charge is 0.310 e. The van der Waals surface area contributed by atoms with E-state index in [1.54, 1.807) is 19.5 Å². The van der Waals surface area contributed by atoms with Crippen LogP contribution in [0.2, 0.25) is 0 Å². The highest BCUT2D eigenvalue weighted by Gasteiger charge is 2.11. The molecule has 2 aromatic rings. The Morgan fingerprint density at radius 3 is 2.06 bits per heavy atom. The molecule has 1 N–H and O–H groups in total. The third-order valence-electron chi connectivity index (χ3n) is 2.10. The van der Waals surface area contributed by atoms with Crippen molar-refractivity contribution >= 4 is 5.97 Å². The second kappa shape index (κ2) is 6.45. The van der Waals surface area contributed by atoms with Crippen LogP contribution >= 0.6 is 0 Å². The zero-order valence-electron chi connectivity index (χ0n) is 9.04. The predicted molar refractivity (Wildman–Crippen MR) is 61.2 cm³/mol. The Labute approximate surface area is 94.3 Å². The zero-order valence-corrected chi connectivity index (χ0v) is 9.04. The number of aliphatic carboxylic acids is 1. The Bertz CT molecular complexity index is 375. The number of carboxylic acid groups (broad SMARTS) is 1. The lowest BCUT2D eigenvalue weighted by Crippen LogP contribution is -2.06. The fourth-order valence-electron chi connectivity index (χ4n) is 1.11. The Balaban J connectivity index is 0.000000212. The molecule has 0 amide bonds. The van der Waals surface area contributed by atoms with Crippen molar-refractivity contribution in [2.45, 2.75) is 12.8 Å². The fraction of sp³-hybridized carbons (Fsp3) is 0.154. The van der Waals surface area contributed by atoms with Crippen LogP contribution in [0.4, 0.5) is 0 Å². The van der Waals surface area contributed by atoms with E-state index in [1.165, 1.54) is 0 Å². The molecule has 3 nitrogen and oxygen atoms in total. The summed E-state index contributed by atoms with van der Waals surface area (Å²) in [7, 11) is 0. The van der Waals surface area contributed by atoms with Crippen molar-refractivity contribution in [3.05, 3.63) is 60.6 Å². The minimum absolute atomic E-state index is 0.406. The first-order valence-electron chi connectivity index (χ1n) is 4.96. The van der Waals surface area contributed by atoms with E-state index in [1.807, 2.05) is 42.5 Å². The standard InChI is InChI=1S/C9H10O2.C4H4O/c1-7(9(10)11)8-5-3-2-4-6-8;1-2-4-5-3-1/h2-7H,1H3,(H,10,11);1-4H. The van der Waals surface area contributed by atoms with Crippen molar-refractivity contribution in [1.29, 1.82) is 0 Å². The van der Waals surface area contributed by atoms with E-state index in [2.05, 4.69) is 4.42 Å². The summed E-state index contributed by atoms with van der Waals surface area (Å²) in [6.45, 7) is 1.68. The maximum absolute atomic E-state index is 10.5. The molecule has 84 valence electrons. The Kier molecular flexibility index (Phi) is 4.86. The molecule has 1 aromatic carbocycles. The molecule has 0 aliphatic heterocycles. The second-order valence-electron chi connectivity index (χ2n) is 3.26. The fourth-order valence-corrected chi connectivity index (χ4v) is 1.11. The average molecular weight is 218 g/mol. The minimum Gasteiger partial charge on any atom is -0.481 e. The van der Waals surface area contributed by atoms with Crippen molar-refractivity contribution in [3.8, 4) is 0 Å². The highest BCUT2D eigenvalue weighted by atomic mass is 16.4. The number of carbonyl (C=O) groups is 1. The molecule has 1 aromatic heterocycles. The SMILES string of the molecule is CC(C(=O)O)c1ccccc1.c1ccoc1. The number of carboxylic acids is 1.